The fourth-order valence-electron chi connectivity index (χ4n) is 3.65. The van der Waals surface area contributed by atoms with E-state index in [1.54, 1.807) is 7.11 Å². The fourth-order valence-corrected chi connectivity index (χ4v) is 3.92. The molecule has 3 heterocycles. The molecular weight excluding hydrogens is 352 g/mol. The lowest BCUT2D eigenvalue weighted by molar-refractivity contribution is 0.182. The average molecular weight is 372 g/mol. The molecule has 0 radical (unpaired) electrons. The quantitative estimate of drug-likeness (QED) is 0.525. The van der Waals surface area contributed by atoms with E-state index in [-0.39, 0.29) is 21.8 Å². The van der Waals surface area contributed by atoms with Gasteiger partial charge in [-0.2, -0.15) is 0 Å². The highest BCUT2D eigenvalue weighted by atomic mass is 32.1. The number of nitrogens with zero attached hydrogens (tertiary/aromatic N) is 1. The Bertz CT molecular complexity index is 1080. The third kappa shape index (κ3) is 2.66. The van der Waals surface area contributed by atoms with Gasteiger partial charge in [0.2, 0.25) is 5.88 Å². The van der Waals surface area contributed by atoms with Crippen LogP contribution in [0.5, 0.6) is 5.88 Å². The van der Waals surface area contributed by atoms with Gasteiger partial charge in [-0.25, -0.2) is 0 Å². The standard InChI is InChI=1S/C18H20N4O3S/c1-25-9-8-22-17(24)13(16(23)21-18(22)26)15-14-11(6-7-19-15)10-4-2-3-5-12(10)20-14/h2-5,15,19-20,24H,6-9H2,1H3,(H,21,23,26). The van der Waals surface area contributed by atoms with E-state index in [0.29, 0.717) is 19.7 Å². The van der Waals surface area contributed by atoms with E-state index in [4.69, 9.17) is 17.0 Å². The molecule has 0 fully saturated rings. The van der Waals surface area contributed by atoms with Crippen molar-refractivity contribution in [1.29, 1.82) is 0 Å². The van der Waals surface area contributed by atoms with Crippen molar-refractivity contribution in [2.75, 3.05) is 20.3 Å². The third-order valence-corrected chi connectivity index (χ3v) is 5.20. The highest BCUT2D eigenvalue weighted by Gasteiger charge is 2.30. The maximum Gasteiger partial charge on any atom is 0.260 e. The van der Waals surface area contributed by atoms with Crippen LogP contribution in [-0.4, -0.2) is 39.9 Å². The number of aromatic hydroxyl groups is 1. The molecule has 4 rings (SSSR count). The minimum absolute atomic E-state index is 0.125. The number of hydrogen-bond acceptors (Lipinski definition) is 5. The molecule has 2 aromatic heterocycles. The maximum absolute atomic E-state index is 12.6. The minimum Gasteiger partial charge on any atom is -0.494 e. The summed E-state index contributed by atoms with van der Waals surface area (Å²) < 4.78 is 6.75. The van der Waals surface area contributed by atoms with Crippen LogP contribution in [0.15, 0.2) is 29.1 Å². The third-order valence-electron chi connectivity index (χ3n) is 4.87. The molecule has 4 N–H and O–H groups in total. The molecular formula is C18H20N4O3S. The Morgan fingerprint density at radius 2 is 2.15 bits per heavy atom. The first-order valence-electron chi connectivity index (χ1n) is 8.49. The summed E-state index contributed by atoms with van der Waals surface area (Å²) in [7, 11) is 1.58. The molecule has 0 bridgehead atoms. The first-order chi connectivity index (χ1) is 12.6. The molecule has 1 aliphatic rings. The summed E-state index contributed by atoms with van der Waals surface area (Å²) in [5, 5.41) is 15.3. The van der Waals surface area contributed by atoms with Crippen molar-refractivity contribution in [1.82, 2.24) is 19.9 Å². The van der Waals surface area contributed by atoms with Crippen LogP contribution in [0.25, 0.3) is 10.9 Å². The highest BCUT2D eigenvalue weighted by molar-refractivity contribution is 7.71. The number of para-hydroxylation sites is 1. The van der Waals surface area contributed by atoms with Gasteiger partial charge in [-0.1, -0.05) is 18.2 Å². The molecule has 0 aliphatic carbocycles. The normalized spacial score (nSPS) is 16.7. The lowest BCUT2D eigenvalue weighted by Gasteiger charge is -2.25. The number of benzene rings is 1. The molecule has 0 amide bonds. The van der Waals surface area contributed by atoms with E-state index in [9.17, 15) is 9.90 Å². The summed E-state index contributed by atoms with van der Waals surface area (Å²) >= 11 is 5.20. The zero-order valence-corrected chi connectivity index (χ0v) is 15.2. The van der Waals surface area contributed by atoms with Crippen molar-refractivity contribution in [3.63, 3.8) is 0 Å². The predicted octanol–water partition coefficient (Wildman–Crippen LogP) is 1.97. The Kier molecular flexibility index (Phi) is 4.39. The first kappa shape index (κ1) is 17.0. The lowest BCUT2D eigenvalue weighted by Crippen LogP contribution is -2.35. The molecule has 1 aromatic carbocycles. The van der Waals surface area contributed by atoms with Gasteiger partial charge < -0.3 is 20.1 Å². The number of fused-ring (bicyclic) bond motifs is 3. The fraction of sp³-hybridized carbons (Fsp3) is 0.333. The molecule has 3 aromatic rings. The van der Waals surface area contributed by atoms with Gasteiger partial charge in [-0.3, -0.25) is 14.3 Å². The van der Waals surface area contributed by atoms with Gasteiger partial charge in [0, 0.05) is 30.3 Å². The molecule has 26 heavy (non-hydrogen) atoms. The van der Waals surface area contributed by atoms with Gasteiger partial charge in [0.25, 0.3) is 5.56 Å². The highest BCUT2D eigenvalue weighted by Crippen LogP contribution is 2.34. The molecule has 0 spiro atoms. The van der Waals surface area contributed by atoms with Crippen molar-refractivity contribution in [3.05, 3.63) is 56.2 Å². The van der Waals surface area contributed by atoms with E-state index in [1.807, 2.05) is 18.2 Å². The molecule has 8 heteroatoms. The summed E-state index contributed by atoms with van der Waals surface area (Å²) in [5.41, 5.74) is 2.99. The van der Waals surface area contributed by atoms with Crippen LogP contribution in [-0.2, 0) is 17.7 Å². The largest absolute Gasteiger partial charge is 0.494 e. The number of hydrogen-bond donors (Lipinski definition) is 4. The molecule has 136 valence electrons. The number of methoxy groups -OCH3 is 1. The van der Waals surface area contributed by atoms with Gasteiger partial charge in [0.05, 0.1) is 19.2 Å². The Balaban J connectivity index is 1.90. The van der Waals surface area contributed by atoms with Crippen LogP contribution in [0, 0.1) is 4.77 Å². The first-order valence-corrected chi connectivity index (χ1v) is 8.90. The smallest absolute Gasteiger partial charge is 0.260 e. The van der Waals surface area contributed by atoms with Crippen molar-refractivity contribution in [2.24, 2.45) is 0 Å². The topological polar surface area (TPSA) is 95.1 Å². The number of aromatic amines is 2. The number of nitrogens with one attached hydrogen (secondary N) is 3. The predicted molar refractivity (Wildman–Crippen MR) is 101 cm³/mol. The number of aromatic nitrogens is 3. The van der Waals surface area contributed by atoms with Crippen LogP contribution < -0.4 is 10.9 Å². The number of H-pyrrole nitrogens is 2. The van der Waals surface area contributed by atoms with Gasteiger partial charge in [-0.05, 0) is 30.3 Å². The van der Waals surface area contributed by atoms with Crippen LogP contribution in [0.1, 0.15) is 22.9 Å². The zero-order valence-electron chi connectivity index (χ0n) is 14.3. The van der Waals surface area contributed by atoms with Crippen LogP contribution in [0.3, 0.4) is 0 Å². The second-order valence-electron chi connectivity index (χ2n) is 6.34. The van der Waals surface area contributed by atoms with Gasteiger partial charge >= 0.3 is 0 Å². The lowest BCUT2D eigenvalue weighted by atomic mass is 9.95. The van der Waals surface area contributed by atoms with Crippen molar-refractivity contribution in [2.45, 2.75) is 19.0 Å². The maximum atomic E-state index is 12.6. The van der Waals surface area contributed by atoms with E-state index in [0.717, 1.165) is 23.0 Å². The van der Waals surface area contributed by atoms with Crippen LogP contribution >= 0.6 is 12.2 Å². The molecule has 1 atom stereocenters. The minimum atomic E-state index is -0.431. The Labute approximate surface area is 154 Å². The van der Waals surface area contributed by atoms with Crippen LogP contribution in [0.4, 0.5) is 0 Å². The summed E-state index contributed by atoms with van der Waals surface area (Å²) in [4.78, 5) is 18.7. The number of rotatable bonds is 4. The van der Waals surface area contributed by atoms with Gasteiger partial charge in [0.1, 0.15) is 5.56 Å². The van der Waals surface area contributed by atoms with Crippen LogP contribution in [0.2, 0.25) is 0 Å². The SMILES string of the molecule is COCCn1c(O)c(C2NCCc3c2[nH]c2ccccc32)c(=O)[nH]c1=S. The summed E-state index contributed by atoms with van der Waals surface area (Å²) in [6, 6.07) is 7.63. The molecule has 0 saturated carbocycles. The number of ether oxygens (including phenoxy) is 1. The van der Waals surface area contributed by atoms with E-state index in [1.165, 1.54) is 10.1 Å². The van der Waals surface area contributed by atoms with E-state index < -0.39 is 6.04 Å². The molecule has 0 saturated heterocycles. The summed E-state index contributed by atoms with van der Waals surface area (Å²) in [6.07, 6.45) is 0.858. The zero-order chi connectivity index (χ0) is 18.3. The summed E-state index contributed by atoms with van der Waals surface area (Å²) in [5.74, 6) is -0.125. The second-order valence-corrected chi connectivity index (χ2v) is 6.73. The monoisotopic (exact) mass is 372 g/mol. The second kappa shape index (κ2) is 6.71. The molecule has 1 aliphatic heterocycles. The van der Waals surface area contributed by atoms with E-state index in [2.05, 4.69) is 21.4 Å². The van der Waals surface area contributed by atoms with Crippen molar-refractivity contribution in [3.8, 4) is 5.88 Å². The Morgan fingerprint density at radius 1 is 1.35 bits per heavy atom. The van der Waals surface area contributed by atoms with Crippen molar-refractivity contribution >= 4 is 23.1 Å². The van der Waals surface area contributed by atoms with E-state index >= 15 is 0 Å². The Hall–Kier alpha value is -2.42. The van der Waals surface area contributed by atoms with Crippen molar-refractivity contribution < 1.29 is 9.84 Å². The summed E-state index contributed by atoms with van der Waals surface area (Å²) in [6.45, 7) is 1.45. The Morgan fingerprint density at radius 3 is 2.96 bits per heavy atom. The van der Waals surface area contributed by atoms with Gasteiger partial charge in [0.15, 0.2) is 4.77 Å². The average Bonchev–Trinajstić information content (AvgIpc) is 3.01. The molecule has 1 unspecified atom stereocenters. The molecule has 7 nitrogen and oxygen atoms in total. The van der Waals surface area contributed by atoms with Gasteiger partial charge in [-0.15, -0.1) is 0 Å².